The van der Waals surface area contributed by atoms with Crippen molar-refractivity contribution in [1.29, 1.82) is 0 Å². The van der Waals surface area contributed by atoms with Crippen molar-refractivity contribution in [2.24, 2.45) is 0 Å². The van der Waals surface area contributed by atoms with Gasteiger partial charge >= 0.3 is 0 Å². The molecule has 2 aromatic rings. The largest absolute Gasteiger partial charge is 0.363 e. The minimum absolute atomic E-state index is 0.757. The van der Waals surface area contributed by atoms with Gasteiger partial charge in [-0.05, 0) is 24.4 Å². The fourth-order valence-corrected chi connectivity index (χ4v) is 3.29. The predicted octanol–water partition coefficient (Wildman–Crippen LogP) is 1.89. The Hall–Kier alpha value is -1.51. The molecule has 1 N–H and O–H groups in total. The van der Waals surface area contributed by atoms with Crippen LogP contribution in [0, 0.1) is 3.95 Å². The van der Waals surface area contributed by atoms with Crippen LogP contribution in [0.5, 0.6) is 0 Å². The van der Waals surface area contributed by atoms with Gasteiger partial charge in [0.25, 0.3) is 0 Å². The summed E-state index contributed by atoms with van der Waals surface area (Å²) in [5, 5.41) is 8.36. The van der Waals surface area contributed by atoms with Gasteiger partial charge in [0.1, 0.15) is 5.82 Å². The Bertz CT molecular complexity index is 630. The predicted molar refractivity (Wildman–Crippen MR) is 88.5 cm³/mol. The van der Waals surface area contributed by atoms with Gasteiger partial charge in [-0.3, -0.25) is 4.90 Å². The SMILES string of the molecule is CNc1nn(CN2CCN(c3ccccn3)CC2)c(=S)s1. The fraction of sp³-hybridized carbons (Fsp3) is 0.462. The van der Waals surface area contributed by atoms with Crippen molar-refractivity contribution in [2.75, 3.05) is 43.4 Å². The molecule has 0 unspecified atom stereocenters. The van der Waals surface area contributed by atoms with Gasteiger partial charge in [0, 0.05) is 39.4 Å². The highest BCUT2D eigenvalue weighted by Crippen LogP contribution is 2.16. The maximum absolute atomic E-state index is 5.34. The number of anilines is 2. The Morgan fingerprint density at radius 1 is 1.29 bits per heavy atom. The molecule has 0 radical (unpaired) electrons. The Labute approximate surface area is 133 Å². The molecule has 3 rings (SSSR count). The number of hydrogen-bond donors (Lipinski definition) is 1. The molecule has 21 heavy (non-hydrogen) atoms. The molecule has 3 heterocycles. The Morgan fingerprint density at radius 3 is 2.71 bits per heavy atom. The summed E-state index contributed by atoms with van der Waals surface area (Å²) in [6.07, 6.45) is 1.84. The molecule has 2 aromatic heterocycles. The summed E-state index contributed by atoms with van der Waals surface area (Å²) < 4.78 is 2.70. The highest BCUT2D eigenvalue weighted by atomic mass is 32.1. The monoisotopic (exact) mass is 322 g/mol. The van der Waals surface area contributed by atoms with Crippen LogP contribution in [0.2, 0.25) is 0 Å². The highest BCUT2D eigenvalue weighted by Gasteiger charge is 2.18. The summed E-state index contributed by atoms with van der Waals surface area (Å²) in [6.45, 7) is 4.70. The van der Waals surface area contributed by atoms with E-state index in [4.69, 9.17) is 12.2 Å². The molecule has 8 heteroatoms. The number of nitrogens with zero attached hydrogens (tertiary/aromatic N) is 5. The first-order valence-electron chi connectivity index (χ1n) is 6.90. The average Bonchev–Trinajstić information content (AvgIpc) is 2.89. The molecule has 1 saturated heterocycles. The van der Waals surface area contributed by atoms with E-state index in [0.717, 1.165) is 47.8 Å². The van der Waals surface area contributed by atoms with Crippen LogP contribution in [0.25, 0.3) is 0 Å². The Morgan fingerprint density at radius 2 is 2.10 bits per heavy atom. The van der Waals surface area contributed by atoms with E-state index in [-0.39, 0.29) is 0 Å². The van der Waals surface area contributed by atoms with Gasteiger partial charge in [0.05, 0.1) is 6.67 Å². The van der Waals surface area contributed by atoms with Gasteiger partial charge in [-0.1, -0.05) is 17.4 Å². The van der Waals surface area contributed by atoms with E-state index in [9.17, 15) is 0 Å². The van der Waals surface area contributed by atoms with Gasteiger partial charge in [-0.25, -0.2) is 9.67 Å². The summed E-state index contributed by atoms with van der Waals surface area (Å²) in [5.74, 6) is 1.06. The first-order chi connectivity index (χ1) is 10.3. The molecular formula is C13H18N6S2. The molecule has 0 atom stereocenters. The quantitative estimate of drug-likeness (QED) is 0.868. The van der Waals surface area contributed by atoms with Gasteiger partial charge in [-0.15, -0.1) is 5.10 Å². The molecule has 1 aliphatic heterocycles. The van der Waals surface area contributed by atoms with E-state index in [0.29, 0.717) is 0 Å². The lowest BCUT2D eigenvalue weighted by molar-refractivity contribution is 0.195. The molecule has 6 nitrogen and oxygen atoms in total. The third-order valence-electron chi connectivity index (χ3n) is 3.50. The van der Waals surface area contributed by atoms with Crippen LogP contribution in [-0.2, 0) is 6.67 Å². The van der Waals surface area contributed by atoms with Crippen LogP contribution < -0.4 is 10.2 Å². The zero-order chi connectivity index (χ0) is 14.7. The minimum atomic E-state index is 0.757. The average molecular weight is 322 g/mol. The lowest BCUT2D eigenvalue weighted by Crippen LogP contribution is -2.47. The van der Waals surface area contributed by atoms with E-state index in [1.165, 1.54) is 11.3 Å². The van der Waals surface area contributed by atoms with Crippen LogP contribution in [0.15, 0.2) is 24.4 Å². The van der Waals surface area contributed by atoms with E-state index in [1.54, 1.807) is 0 Å². The first kappa shape index (κ1) is 14.4. The standard InChI is InChI=1S/C13H18N6S2/c1-14-12-16-19(13(20)21-12)10-17-6-8-18(9-7-17)11-4-2-3-5-15-11/h2-5H,6-10H2,1H3,(H,14,16). The maximum Gasteiger partial charge on any atom is 0.204 e. The normalized spacial score (nSPS) is 16.1. The molecule has 0 saturated carbocycles. The van der Waals surface area contributed by atoms with E-state index >= 15 is 0 Å². The number of piperazine rings is 1. The summed E-state index contributed by atoms with van der Waals surface area (Å²) in [5.41, 5.74) is 0. The fourth-order valence-electron chi connectivity index (χ4n) is 2.35. The van der Waals surface area contributed by atoms with Gasteiger partial charge < -0.3 is 10.2 Å². The van der Waals surface area contributed by atoms with Crippen molar-refractivity contribution in [3.63, 3.8) is 0 Å². The third kappa shape index (κ3) is 3.39. The molecule has 1 fully saturated rings. The molecule has 0 amide bonds. The lowest BCUT2D eigenvalue weighted by Gasteiger charge is -2.35. The Balaban J connectivity index is 1.58. The summed E-state index contributed by atoms with van der Waals surface area (Å²) in [4.78, 5) is 9.09. The van der Waals surface area contributed by atoms with Gasteiger partial charge in [0.15, 0.2) is 3.95 Å². The van der Waals surface area contributed by atoms with Crippen molar-refractivity contribution in [2.45, 2.75) is 6.67 Å². The van der Waals surface area contributed by atoms with Gasteiger partial charge in [0.2, 0.25) is 5.13 Å². The van der Waals surface area contributed by atoms with E-state index in [2.05, 4.69) is 31.3 Å². The number of nitrogens with one attached hydrogen (secondary N) is 1. The molecule has 112 valence electrons. The second-order valence-electron chi connectivity index (χ2n) is 4.86. The highest BCUT2D eigenvalue weighted by molar-refractivity contribution is 7.73. The Kier molecular flexibility index (Phi) is 4.47. The zero-order valence-corrected chi connectivity index (χ0v) is 13.5. The van der Waals surface area contributed by atoms with Crippen molar-refractivity contribution in [3.8, 4) is 0 Å². The van der Waals surface area contributed by atoms with Crippen molar-refractivity contribution < 1.29 is 0 Å². The summed E-state index contributed by atoms with van der Waals surface area (Å²) in [6, 6.07) is 6.04. The second-order valence-corrected chi connectivity index (χ2v) is 6.48. The van der Waals surface area contributed by atoms with Crippen LogP contribution in [0.3, 0.4) is 0 Å². The molecule has 0 bridgehead atoms. The maximum atomic E-state index is 5.34. The molecular weight excluding hydrogens is 304 g/mol. The molecule has 1 aliphatic rings. The molecule has 0 spiro atoms. The summed E-state index contributed by atoms with van der Waals surface area (Å²) in [7, 11) is 1.86. The molecule has 0 aliphatic carbocycles. The van der Waals surface area contributed by atoms with Crippen molar-refractivity contribution in [3.05, 3.63) is 28.4 Å². The van der Waals surface area contributed by atoms with E-state index < -0.39 is 0 Å². The smallest absolute Gasteiger partial charge is 0.204 e. The van der Waals surface area contributed by atoms with Crippen molar-refractivity contribution in [1.82, 2.24) is 19.7 Å². The van der Waals surface area contributed by atoms with E-state index in [1.807, 2.05) is 30.1 Å². The zero-order valence-electron chi connectivity index (χ0n) is 11.9. The first-order valence-corrected chi connectivity index (χ1v) is 8.13. The second kappa shape index (κ2) is 6.50. The number of pyridine rings is 1. The topological polar surface area (TPSA) is 49.2 Å². The lowest BCUT2D eigenvalue weighted by atomic mass is 10.3. The number of hydrogen-bond acceptors (Lipinski definition) is 7. The number of rotatable bonds is 4. The summed E-state index contributed by atoms with van der Waals surface area (Å²) >= 11 is 6.85. The minimum Gasteiger partial charge on any atom is -0.363 e. The third-order valence-corrected chi connectivity index (χ3v) is 4.82. The van der Waals surface area contributed by atoms with Crippen LogP contribution in [0.1, 0.15) is 0 Å². The van der Waals surface area contributed by atoms with Crippen LogP contribution in [0.4, 0.5) is 10.9 Å². The van der Waals surface area contributed by atoms with Crippen molar-refractivity contribution >= 4 is 34.5 Å². The van der Waals surface area contributed by atoms with Crippen LogP contribution >= 0.6 is 23.6 Å². The van der Waals surface area contributed by atoms with Crippen LogP contribution in [-0.4, -0.2) is 52.9 Å². The van der Waals surface area contributed by atoms with Gasteiger partial charge in [-0.2, -0.15) is 0 Å². The molecule has 0 aromatic carbocycles. The number of aromatic nitrogens is 3.